The lowest BCUT2D eigenvalue weighted by molar-refractivity contribution is 0.899. The van der Waals surface area contributed by atoms with Gasteiger partial charge in [0.25, 0.3) is 0 Å². The van der Waals surface area contributed by atoms with Crippen LogP contribution in [0.5, 0.6) is 0 Å². The monoisotopic (exact) mass is 221 g/mol. The number of nitrogens with one attached hydrogen (secondary N) is 1. The molecule has 0 aromatic heterocycles. The van der Waals surface area contributed by atoms with Crippen molar-refractivity contribution in [1.29, 1.82) is 0 Å². The molecular weight excluding hydrogens is 212 g/mol. The fraction of sp³-hybridized carbons (Fsp3) is 1.00. The predicted molar refractivity (Wildman–Crippen MR) is 39.6 cm³/mol. The van der Waals surface area contributed by atoms with Crippen LogP contribution in [0.1, 0.15) is 13.3 Å². The van der Waals surface area contributed by atoms with Crippen molar-refractivity contribution in [1.82, 2.24) is 3.53 Å². The van der Waals surface area contributed by atoms with Crippen LogP contribution in [0.25, 0.3) is 0 Å². The fourth-order valence-corrected chi connectivity index (χ4v) is 0.634. The van der Waals surface area contributed by atoms with E-state index >= 15 is 0 Å². The molecule has 1 N–H and O–H groups in total. The highest BCUT2D eigenvalue weighted by Gasteiger charge is 1.66. The zero-order chi connectivity index (χ0) is 4.12. The Kier molecular flexibility index (Phi) is 15.7. The molecule has 0 saturated heterocycles. The highest BCUT2D eigenvalue weighted by Crippen LogP contribution is 1.71. The van der Waals surface area contributed by atoms with Crippen LogP contribution in [0.15, 0.2) is 0 Å². The van der Waals surface area contributed by atoms with E-state index in [0.29, 0.717) is 0 Å². The van der Waals surface area contributed by atoms with E-state index in [1.807, 2.05) is 0 Å². The Hall–Kier alpha value is 0.980. The van der Waals surface area contributed by atoms with Crippen molar-refractivity contribution in [2.24, 2.45) is 0 Å². The Morgan fingerprint density at radius 2 is 2.17 bits per heavy atom. The minimum Gasteiger partial charge on any atom is -0.261 e. The molecular formula is C3H9ClIN. The van der Waals surface area contributed by atoms with Crippen LogP contribution in [-0.2, 0) is 0 Å². The summed E-state index contributed by atoms with van der Waals surface area (Å²) in [6.45, 7) is 3.27. The first-order valence-electron chi connectivity index (χ1n) is 1.75. The van der Waals surface area contributed by atoms with Gasteiger partial charge in [-0.1, -0.05) is 6.92 Å². The van der Waals surface area contributed by atoms with Crippen molar-refractivity contribution in [3.8, 4) is 0 Å². The Morgan fingerprint density at radius 1 is 1.67 bits per heavy atom. The maximum Gasteiger partial charge on any atom is 0.0169 e. The summed E-state index contributed by atoms with van der Waals surface area (Å²) < 4.78 is 2.99. The summed E-state index contributed by atoms with van der Waals surface area (Å²) in [5.41, 5.74) is 0. The highest BCUT2D eigenvalue weighted by molar-refractivity contribution is 14.1. The maximum absolute atomic E-state index is 2.99. The van der Waals surface area contributed by atoms with Crippen LogP contribution in [0, 0.1) is 0 Å². The van der Waals surface area contributed by atoms with E-state index in [2.05, 4.69) is 33.3 Å². The van der Waals surface area contributed by atoms with Crippen molar-refractivity contribution in [3.63, 3.8) is 0 Å². The largest absolute Gasteiger partial charge is 0.261 e. The van der Waals surface area contributed by atoms with Crippen LogP contribution in [-0.4, -0.2) is 6.54 Å². The quantitative estimate of drug-likeness (QED) is 0.553. The Bertz CT molecular complexity index is 18.3. The molecule has 0 spiro atoms. The highest BCUT2D eigenvalue weighted by atomic mass is 127. The molecule has 0 aromatic rings. The van der Waals surface area contributed by atoms with E-state index in [1.165, 1.54) is 6.42 Å². The summed E-state index contributed by atoms with van der Waals surface area (Å²) in [4.78, 5) is 0. The van der Waals surface area contributed by atoms with Crippen molar-refractivity contribution in [2.45, 2.75) is 13.3 Å². The Labute approximate surface area is 58.8 Å². The minimum atomic E-state index is 0. The summed E-state index contributed by atoms with van der Waals surface area (Å²) in [6, 6.07) is 0. The van der Waals surface area contributed by atoms with E-state index in [-0.39, 0.29) is 12.4 Å². The Morgan fingerprint density at radius 3 is 2.17 bits per heavy atom. The van der Waals surface area contributed by atoms with Crippen LogP contribution in [0.4, 0.5) is 0 Å². The lowest BCUT2D eigenvalue weighted by atomic mass is 10.5. The maximum atomic E-state index is 2.99. The van der Waals surface area contributed by atoms with Crippen molar-refractivity contribution < 1.29 is 0 Å². The molecule has 40 valence electrons. The molecule has 0 rings (SSSR count). The van der Waals surface area contributed by atoms with Gasteiger partial charge < -0.3 is 0 Å². The van der Waals surface area contributed by atoms with Gasteiger partial charge in [0, 0.05) is 29.4 Å². The molecule has 0 aliphatic heterocycles. The van der Waals surface area contributed by atoms with Gasteiger partial charge in [0.15, 0.2) is 0 Å². The van der Waals surface area contributed by atoms with Crippen molar-refractivity contribution in [3.05, 3.63) is 0 Å². The molecule has 0 atom stereocenters. The van der Waals surface area contributed by atoms with Gasteiger partial charge in [0.1, 0.15) is 0 Å². The number of rotatable bonds is 2. The van der Waals surface area contributed by atoms with Crippen LogP contribution < -0.4 is 3.53 Å². The third-order valence-electron chi connectivity index (χ3n) is 0.344. The molecule has 0 unspecified atom stereocenters. The summed E-state index contributed by atoms with van der Waals surface area (Å²) in [7, 11) is 0. The average molecular weight is 221 g/mol. The molecule has 0 bridgehead atoms. The van der Waals surface area contributed by atoms with Gasteiger partial charge in [-0.2, -0.15) is 0 Å². The van der Waals surface area contributed by atoms with E-state index in [1.54, 1.807) is 0 Å². The molecule has 0 aliphatic rings. The van der Waals surface area contributed by atoms with Crippen LogP contribution in [0.3, 0.4) is 0 Å². The van der Waals surface area contributed by atoms with Crippen LogP contribution in [0.2, 0.25) is 0 Å². The Balaban J connectivity index is 0. The van der Waals surface area contributed by atoms with E-state index in [4.69, 9.17) is 0 Å². The molecule has 3 heteroatoms. The topological polar surface area (TPSA) is 12.0 Å². The number of halogens is 2. The summed E-state index contributed by atoms with van der Waals surface area (Å²) in [5, 5.41) is 0. The lowest BCUT2D eigenvalue weighted by Gasteiger charge is -1.82. The van der Waals surface area contributed by atoms with E-state index in [9.17, 15) is 0 Å². The lowest BCUT2D eigenvalue weighted by Crippen LogP contribution is -1.95. The van der Waals surface area contributed by atoms with E-state index < -0.39 is 0 Å². The minimum absolute atomic E-state index is 0. The third kappa shape index (κ3) is 8.88. The zero-order valence-corrected chi connectivity index (χ0v) is 6.67. The molecule has 6 heavy (non-hydrogen) atoms. The van der Waals surface area contributed by atoms with Gasteiger partial charge in [-0.05, 0) is 6.42 Å². The second-order valence-electron chi connectivity index (χ2n) is 0.884. The molecule has 0 heterocycles. The van der Waals surface area contributed by atoms with Gasteiger partial charge in [0.05, 0.1) is 0 Å². The summed E-state index contributed by atoms with van der Waals surface area (Å²) >= 11 is 2.14. The predicted octanol–water partition coefficient (Wildman–Crippen LogP) is 1.76. The standard InChI is InChI=1S/C3H8IN.ClH/c1-2-3-5-4;/h5H,2-3H2,1H3;1H. The van der Waals surface area contributed by atoms with Gasteiger partial charge in [-0.15, -0.1) is 12.4 Å². The molecule has 0 fully saturated rings. The molecule has 0 saturated carbocycles. The van der Waals surface area contributed by atoms with Crippen LogP contribution >= 0.6 is 35.3 Å². The van der Waals surface area contributed by atoms with E-state index in [0.717, 1.165) is 6.54 Å². The molecule has 1 nitrogen and oxygen atoms in total. The smallest absolute Gasteiger partial charge is 0.0169 e. The summed E-state index contributed by atoms with van der Waals surface area (Å²) in [6.07, 6.45) is 1.23. The molecule has 0 radical (unpaired) electrons. The SMILES string of the molecule is CCCNI.Cl. The first-order chi connectivity index (χ1) is 2.41. The van der Waals surface area contributed by atoms with Gasteiger partial charge >= 0.3 is 0 Å². The van der Waals surface area contributed by atoms with Gasteiger partial charge in [-0.3, -0.25) is 3.53 Å². The first-order valence-corrected chi connectivity index (χ1v) is 2.83. The number of hydrogen-bond acceptors (Lipinski definition) is 1. The second kappa shape index (κ2) is 9.36. The fourth-order valence-electron chi connectivity index (χ4n) is 0.0945. The average Bonchev–Trinajstić information content (AvgIpc) is 1.41. The van der Waals surface area contributed by atoms with Gasteiger partial charge in [-0.25, -0.2) is 0 Å². The number of hydrogen-bond donors (Lipinski definition) is 1. The normalized spacial score (nSPS) is 7.00. The second-order valence-corrected chi connectivity index (χ2v) is 1.65. The van der Waals surface area contributed by atoms with Crippen molar-refractivity contribution in [2.75, 3.05) is 6.54 Å². The first kappa shape index (κ1) is 10.1. The van der Waals surface area contributed by atoms with Gasteiger partial charge in [0.2, 0.25) is 0 Å². The molecule has 0 aliphatic carbocycles. The van der Waals surface area contributed by atoms with Crippen molar-refractivity contribution >= 4 is 35.3 Å². The summed E-state index contributed by atoms with van der Waals surface area (Å²) in [5.74, 6) is 0. The third-order valence-corrected chi connectivity index (χ3v) is 0.884. The zero-order valence-electron chi connectivity index (χ0n) is 3.70. The molecule has 0 amide bonds. The molecule has 0 aromatic carbocycles.